The summed E-state index contributed by atoms with van der Waals surface area (Å²) >= 11 is 1.56. The molecule has 0 aromatic carbocycles. The lowest BCUT2D eigenvalue weighted by Gasteiger charge is -2.16. The lowest BCUT2D eigenvalue weighted by atomic mass is 9.95. The van der Waals surface area contributed by atoms with E-state index >= 15 is 0 Å². The summed E-state index contributed by atoms with van der Waals surface area (Å²) in [7, 11) is 0. The summed E-state index contributed by atoms with van der Waals surface area (Å²) in [6.45, 7) is 8.87. The number of rotatable bonds is 5. The molecule has 1 saturated heterocycles. The van der Waals surface area contributed by atoms with Crippen molar-refractivity contribution in [3.05, 3.63) is 10.6 Å². The molecule has 0 aliphatic carbocycles. The van der Waals surface area contributed by atoms with E-state index in [1.54, 1.807) is 11.3 Å². The molecule has 4 heteroatoms. The Bertz CT molecular complexity index is 414. The second-order valence-corrected chi connectivity index (χ2v) is 6.42. The second kappa shape index (κ2) is 5.83. The van der Waals surface area contributed by atoms with Crippen LogP contribution in [0.1, 0.15) is 49.0 Å². The number of thiazole rings is 1. The van der Waals surface area contributed by atoms with Crippen LogP contribution in [-0.4, -0.2) is 24.4 Å². The highest BCUT2D eigenvalue weighted by molar-refractivity contribution is 7.17. The Morgan fingerprint density at radius 1 is 1.56 bits per heavy atom. The van der Waals surface area contributed by atoms with Crippen molar-refractivity contribution in [1.82, 2.24) is 4.98 Å². The van der Waals surface area contributed by atoms with Gasteiger partial charge in [-0.25, -0.2) is 4.98 Å². The number of aryl methyl sites for hydroxylation is 1. The highest BCUT2D eigenvalue weighted by Gasteiger charge is 2.27. The van der Waals surface area contributed by atoms with Gasteiger partial charge in [0.15, 0.2) is 11.4 Å². The Morgan fingerprint density at radius 2 is 2.33 bits per heavy atom. The number of carbonyl (C=O) groups is 1. The fourth-order valence-electron chi connectivity index (χ4n) is 2.50. The first kappa shape index (κ1) is 13.5. The van der Waals surface area contributed by atoms with Crippen molar-refractivity contribution in [2.75, 3.05) is 18.0 Å². The molecule has 0 N–H and O–H groups in total. The van der Waals surface area contributed by atoms with Crippen LogP contribution < -0.4 is 4.90 Å². The van der Waals surface area contributed by atoms with Gasteiger partial charge in [0, 0.05) is 13.1 Å². The summed E-state index contributed by atoms with van der Waals surface area (Å²) in [5.74, 6) is 1.50. The smallest absolute Gasteiger partial charge is 0.186 e. The zero-order valence-electron chi connectivity index (χ0n) is 11.5. The minimum atomic E-state index is 0.732. The van der Waals surface area contributed by atoms with Gasteiger partial charge in [-0.1, -0.05) is 38.5 Å². The van der Waals surface area contributed by atoms with Crippen LogP contribution in [0.4, 0.5) is 5.13 Å². The van der Waals surface area contributed by atoms with Crippen LogP contribution >= 0.6 is 11.3 Å². The first-order chi connectivity index (χ1) is 8.65. The molecule has 1 unspecified atom stereocenters. The van der Waals surface area contributed by atoms with Crippen LogP contribution in [0.5, 0.6) is 0 Å². The maximum absolute atomic E-state index is 11.1. The first-order valence-electron chi connectivity index (χ1n) is 6.85. The molecule has 100 valence electrons. The molecule has 1 atom stereocenters. The van der Waals surface area contributed by atoms with E-state index in [0.29, 0.717) is 0 Å². The van der Waals surface area contributed by atoms with E-state index in [1.807, 2.05) is 0 Å². The normalized spacial score (nSPS) is 19.8. The summed E-state index contributed by atoms with van der Waals surface area (Å²) < 4.78 is 0. The molecule has 3 nitrogen and oxygen atoms in total. The number of hydrogen-bond acceptors (Lipinski definition) is 4. The minimum absolute atomic E-state index is 0.732. The second-order valence-electron chi connectivity index (χ2n) is 5.41. The highest BCUT2D eigenvalue weighted by Crippen LogP contribution is 2.32. The molecule has 1 aromatic rings. The van der Waals surface area contributed by atoms with Gasteiger partial charge in [0.05, 0.1) is 10.6 Å². The number of hydrogen-bond donors (Lipinski definition) is 0. The average Bonchev–Trinajstić information content (AvgIpc) is 2.94. The maximum Gasteiger partial charge on any atom is 0.186 e. The topological polar surface area (TPSA) is 33.2 Å². The molecule has 1 aliphatic rings. The Labute approximate surface area is 113 Å². The quantitative estimate of drug-likeness (QED) is 0.766. The molecule has 1 aliphatic heterocycles. The molecule has 0 saturated carbocycles. The van der Waals surface area contributed by atoms with Crippen molar-refractivity contribution in [3.63, 3.8) is 0 Å². The molecule has 0 amide bonds. The predicted octanol–water partition coefficient (Wildman–Crippen LogP) is 3.39. The van der Waals surface area contributed by atoms with Gasteiger partial charge in [-0.05, 0) is 24.7 Å². The van der Waals surface area contributed by atoms with E-state index in [2.05, 4.69) is 30.7 Å². The first-order valence-corrected chi connectivity index (χ1v) is 7.67. The van der Waals surface area contributed by atoms with E-state index in [1.165, 1.54) is 6.42 Å². The van der Waals surface area contributed by atoms with Crippen LogP contribution in [0.2, 0.25) is 0 Å². The highest BCUT2D eigenvalue weighted by atomic mass is 32.1. The van der Waals surface area contributed by atoms with Gasteiger partial charge in [-0.3, -0.25) is 4.79 Å². The van der Waals surface area contributed by atoms with Gasteiger partial charge < -0.3 is 4.90 Å². The summed E-state index contributed by atoms with van der Waals surface area (Å²) in [4.78, 5) is 18.9. The van der Waals surface area contributed by atoms with Crippen molar-refractivity contribution in [2.24, 2.45) is 11.8 Å². The Morgan fingerprint density at radius 3 is 2.89 bits per heavy atom. The molecule has 0 bridgehead atoms. The van der Waals surface area contributed by atoms with Crippen LogP contribution in [-0.2, 0) is 6.42 Å². The summed E-state index contributed by atoms with van der Waals surface area (Å²) in [6, 6.07) is 0. The molecule has 2 rings (SSSR count). The zero-order chi connectivity index (χ0) is 13.1. The maximum atomic E-state index is 11.1. The lowest BCUT2D eigenvalue weighted by molar-refractivity contribution is 0.112. The van der Waals surface area contributed by atoms with E-state index in [-0.39, 0.29) is 0 Å². The van der Waals surface area contributed by atoms with Crippen LogP contribution in [0.15, 0.2) is 0 Å². The van der Waals surface area contributed by atoms with E-state index in [0.717, 1.165) is 59.8 Å². The molecular formula is C14H22N2OS. The van der Waals surface area contributed by atoms with Gasteiger partial charge in [0.2, 0.25) is 0 Å². The molecule has 0 spiro atoms. The summed E-state index contributed by atoms with van der Waals surface area (Å²) in [5.41, 5.74) is 0.987. The van der Waals surface area contributed by atoms with Gasteiger partial charge in [-0.15, -0.1) is 0 Å². The fourth-order valence-corrected chi connectivity index (χ4v) is 3.46. The van der Waals surface area contributed by atoms with Crippen molar-refractivity contribution in [1.29, 1.82) is 0 Å². The SMILES string of the molecule is CCCc1nc(N2CCC(C(C)C)C2)sc1C=O. The van der Waals surface area contributed by atoms with Crippen molar-refractivity contribution < 1.29 is 4.79 Å². The largest absolute Gasteiger partial charge is 0.348 e. The van der Waals surface area contributed by atoms with E-state index in [9.17, 15) is 4.79 Å². The van der Waals surface area contributed by atoms with E-state index in [4.69, 9.17) is 0 Å². The number of anilines is 1. The lowest BCUT2D eigenvalue weighted by Crippen LogP contribution is -2.20. The van der Waals surface area contributed by atoms with Crippen molar-refractivity contribution >= 4 is 22.8 Å². The minimum Gasteiger partial charge on any atom is -0.348 e. The molecule has 18 heavy (non-hydrogen) atoms. The van der Waals surface area contributed by atoms with Gasteiger partial charge in [-0.2, -0.15) is 0 Å². The molecular weight excluding hydrogens is 244 g/mol. The molecule has 1 aromatic heterocycles. The number of nitrogens with zero attached hydrogens (tertiary/aromatic N) is 2. The number of carbonyl (C=O) groups excluding carboxylic acids is 1. The Balaban J connectivity index is 2.12. The van der Waals surface area contributed by atoms with Crippen LogP contribution in [0.3, 0.4) is 0 Å². The predicted molar refractivity (Wildman–Crippen MR) is 76.7 cm³/mol. The van der Waals surface area contributed by atoms with E-state index < -0.39 is 0 Å². The van der Waals surface area contributed by atoms with Crippen LogP contribution in [0.25, 0.3) is 0 Å². The number of aldehydes is 1. The van der Waals surface area contributed by atoms with Crippen molar-refractivity contribution in [2.45, 2.75) is 40.0 Å². The van der Waals surface area contributed by atoms with Crippen molar-refractivity contribution in [3.8, 4) is 0 Å². The Hall–Kier alpha value is -0.900. The third-order valence-electron chi connectivity index (χ3n) is 3.75. The standard InChI is InChI=1S/C14H22N2OS/c1-4-5-12-13(9-17)18-14(15-12)16-7-6-11(8-16)10(2)3/h9-11H,4-8H2,1-3H3. The molecule has 2 heterocycles. The third kappa shape index (κ3) is 2.74. The Kier molecular flexibility index (Phi) is 4.38. The van der Waals surface area contributed by atoms with Crippen LogP contribution in [0, 0.1) is 11.8 Å². The van der Waals surface area contributed by atoms with Gasteiger partial charge in [0.1, 0.15) is 0 Å². The monoisotopic (exact) mass is 266 g/mol. The van der Waals surface area contributed by atoms with Gasteiger partial charge >= 0.3 is 0 Å². The average molecular weight is 266 g/mol. The molecule has 0 radical (unpaired) electrons. The number of aromatic nitrogens is 1. The zero-order valence-corrected chi connectivity index (χ0v) is 12.3. The van der Waals surface area contributed by atoms with Gasteiger partial charge in [0.25, 0.3) is 0 Å². The third-order valence-corrected chi connectivity index (χ3v) is 4.83. The summed E-state index contributed by atoms with van der Waals surface area (Å²) in [6.07, 6.45) is 4.16. The molecule has 1 fully saturated rings. The summed E-state index contributed by atoms with van der Waals surface area (Å²) in [5, 5.41) is 1.05. The fraction of sp³-hybridized carbons (Fsp3) is 0.714.